The van der Waals surface area contributed by atoms with Gasteiger partial charge in [0.2, 0.25) is 5.91 Å². The fourth-order valence-corrected chi connectivity index (χ4v) is 2.49. The van der Waals surface area contributed by atoms with Gasteiger partial charge in [-0.15, -0.1) is 0 Å². The van der Waals surface area contributed by atoms with Crippen LogP contribution in [0.5, 0.6) is 0 Å². The Morgan fingerprint density at radius 3 is 2.94 bits per heavy atom. The summed E-state index contributed by atoms with van der Waals surface area (Å²) in [5.41, 5.74) is -0.158. The molecule has 2 aliphatic heterocycles. The van der Waals surface area contributed by atoms with Gasteiger partial charge in [0.1, 0.15) is 0 Å². The van der Waals surface area contributed by atoms with Crippen LogP contribution in [0.2, 0.25) is 0 Å². The molecule has 0 radical (unpaired) electrons. The number of carbonyl (C=O) groups is 1. The molecular weight excluding hydrogens is 204 g/mol. The van der Waals surface area contributed by atoms with Crippen LogP contribution in [0.1, 0.15) is 39.0 Å². The second kappa shape index (κ2) is 5.15. The molecule has 0 aromatic rings. The molecule has 0 spiro atoms. The van der Waals surface area contributed by atoms with Crippen molar-refractivity contribution in [2.75, 3.05) is 19.8 Å². The van der Waals surface area contributed by atoms with Gasteiger partial charge in [-0.3, -0.25) is 4.79 Å². The van der Waals surface area contributed by atoms with Crippen LogP contribution in [0.4, 0.5) is 0 Å². The van der Waals surface area contributed by atoms with Crippen LogP contribution in [0, 0.1) is 0 Å². The molecule has 2 atom stereocenters. The van der Waals surface area contributed by atoms with E-state index in [0.29, 0.717) is 6.61 Å². The lowest BCUT2D eigenvalue weighted by molar-refractivity contribution is -0.127. The second-order valence-corrected chi connectivity index (χ2v) is 5.21. The van der Waals surface area contributed by atoms with Gasteiger partial charge in [0, 0.05) is 6.61 Å². The van der Waals surface area contributed by atoms with Gasteiger partial charge in [0.05, 0.1) is 18.2 Å². The molecule has 2 N–H and O–H groups in total. The molecule has 2 saturated heterocycles. The summed E-state index contributed by atoms with van der Waals surface area (Å²) in [6.45, 7) is 4.51. The average Bonchev–Trinajstić information content (AvgIpc) is 2.30. The minimum absolute atomic E-state index is 0.00695. The van der Waals surface area contributed by atoms with E-state index in [1.54, 1.807) is 0 Å². The van der Waals surface area contributed by atoms with Crippen LogP contribution in [-0.4, -0.2) is 37.2 Å². The van der Waals surface area contributed by atoms with Gasteiger partial charge in [0.25, 0.3) is 0 Å². The number of amides is 1. The minimum atomic E-state index is -0.158. The summed E-state index contributed by atoms with van der Waals surface area (Å²) in [7, 11) is 0. The summed E-state index contributed by atoms with van der Waals surface area (Å²) in [4.78, 5) is 12.0. The Labute approximate surface area is 97.1 Å². The van der Waals surface area contributed by atoms with E-state index in [1.807, 2.05) is 0 Å². The smallest absolute Gasteiger partial charge is 0.237 e. The second-order valence-electron chi connectivity index (χ2n) is 5.21. The molecule has 2 unspecified atom stereocenters. The molecule has 4 heteroatoms. The molecule has 2 aliphatic rings. The first-order valence-corrected chi connectivity index (χ1v) is 6.33. The standard InChI is InChI=1S/C12H22N2O2/c1-12(6-4-8-16-9-12)14-11(15)10-5-2-3-7-13-10/h10,13H,2-9H2,1H3,(H,14,15). The van der Waals surface area contributed by atoms with E-state index in [-0.39, 0.29) is 17.5 Å². The Kier molecular flexibility index (Phi) is 3.82. The maximum absolute atomic E-state index is 12.0. The van der Waals surface area contributed by atoms with Crippen molar-refractivity contribution in [3.8, 4) is 0 Å². The maximum Gasteiger partial charge on any atom is 0.237 e. The van der Waals surface area contributed by atoms with Gasteiger partial charge >= 0.3 is 0 Å². The molecule has 16 heavy (non-hydrogen) atoms. The molecule has 2 fully saturated rings. The fourth-order valence-electron chi connectivity index (χ4n) is 2.49. The lowest BCUT2D eigenvalue weighted by Crippen LogP contribution is -2.57. The lowest BCUT2D eigenvalue weighted by Gasteiger charge is -2.36. The Bertz CT molecular complexity index is 243. The predicted molar refractivity (Wildman–Crippen MR) is 62.2 cm³/mol. The number of nitrogens with one attached hydrogen (secondary N) is 2. The zero-order chi connectivity index (χ0) is 11.4. The zero-order valence-corrected chi connectivity index (χ0v) is 10.1. The van der Waals surface area contributed by atoms with Crippen LogP contribution in [0.15, 0.2) is 0 Å². The molecule has 0 aliphatic carbocycles. The Morgan fingerprint density at radius 2 is 2.31 bits per heavy atom. The van der Waals surface area contributed by atoms with E-state index in [4.69, 9.17) is 4.74 Å². The highest BCUT2D eigenvalue weighted by molar-refractivity contribution is 5.82. The third kappa shape index (κ3) is 2.95. The van der Waals surface area contributed by atoms with Gasteiger partial charge in [0.15, 0.2) is 0 Å². The molecule has 2 rings (SSSR count). The van der Waals surface area contributed by atoms with E-state index in [1.165, 1.54) is 6.42 Å². The highest BCUT2D eigenvalue weighted by Gasteiger charge is 2.32. The summed E-state index contributed by atoms with van der Waals surface area (Å²) in [6, 6.07) is 0.00695. The van der Waals surface area contributed by atoms with E-state index in [2.05, 4.69) is 17.6 Å². The highest BCUT2D eigenvalue weighted by Crippen LogP contribution is 2.19. The van der Waals surface area contributed by atoms with Gasteiger partial charge < -0.3 is 15.4 Å². The summed E-state index contributed by atoms with van der Waals surface area (Å²) in [6.07, 6.45) is 5.35. The molecule has 0 saturated carbocycles. The first-order chi connectivity index (χ1) is 7.70. The first-order valence-electron chi connectivity index (χ1n) is 6.33. The molecule has 0 aromatic heterocycles. The highest BCUT2D eigenvalue weighted by atomic mass is 16.5. The van der Waals surface area contributed by atoms with Crippen molar-refractivity contribution in [2.24, 2.45) is 0 Å². The van der Waals surface area contributed by atoms with Gasteiger partial charge in [-0.05, 0) is 39.2 Å². The van der Waals surface area contributed by atoms with Gasteiger partial charge in [-0.2, -0.15) is 0 Å². The summed E-state index contributed by atoms with van der Waals surface area (Å²) in [5.74, 6) is 0.146. The molecule has 0 bridgehead atoms. The Hall–Kier alpha value is -0.610. The number of rotatable bonds is 2. The molecular formula is C12H22N2O2. The average molecular weight is 226 g/mol. The van der Waals surface area contributed by atoms with Crippen molar-refractivity contribution >= 4 is 5.91 Å². The predicted octanol–water partition coefficient (Wildman–Crippen LogP) is 0.814. The molecule has 4 nitrogen and oxygen atoms in total. The van der Waals surface area contributed by atoms with E-state index >= 15 is 0 Å². The van der Waals surface area contributed by atoms with Crippen molar-refractivity contribution in [3.63, 3.8) is 0 Å². The van der Waals surface area contributed by atoms with Crippen LogP contribution in [0.25, 0.3) is 0 Å². The normalized spacial score (nSPS) is 35.7. The summed E-state index contributed by atoms with van der Waals surface area (Å²) in [5, 5.41) is 6.41. The number of hydrogen-bond donors (Lipinski definition) is 2. The third-order valence-corrected chi connectivity index (χ3v) is 3.49. The SMILES string of the molecule is CC1(NC(=O)C2CCCCN2)CCCOC1. The fraction of sp³-hybridized carbons (Fsp3) is 0.917. The van der Waals surface area contributed by atoms with Crippen molar-refractivity contribution in [1.82, 2.24) is 10.6 Å². The maximum atomic E-state index is 12.0. The van der Waals surface area contributed by atoms with Crippen molar-refractivity contribution in [2.45, 2.75) is 50.6 Å². The topological polar surface area (TPSA) is 50.4 Å². The summed E-state index contributed by atoms with van der Waals surface area (Å²) >= 11 is 0. The molecule has 2 heterocycles. The van der Waals surface area contributed by atoms with Gasteiger partial charge in [-0.25, -0.2) is 0 Å². The van der Waals surface area contributed by atoms with Crippen molar-refractivity contribution < 1.29 is 9.53 Å². The van der Waals surface area contributed by atoms with Crippen molar-refractivity contribution in [3.05, 3.63) is 0 Å². The van der Waals surface area contributed by atoms with Crippen LogP contribution >= 0.6 is 0 Å². The van der Waals surface area contributed by atoms with E-state index in [9.17, 15) is 4.79 Å². The largest absolute Gasteiger partial charge is 0.379 e. The van der Waals surface area contributed by atoms with E-state index < -0.39 is 0 Å². The first kappa shape index (κ1) is 11.9. The number of ether oxygens (including phenoxy) is 1. The monoisotopic (exact) mass is 226 g/mol. The Balaban J connectivity index is 1.85. The lowest BCUT2D eigenvalue weighted by atomic mass is 9.93. The number of carbonyl (C=O) groups excluding carboxylic acids is 1. The minimum Gasteiger partial charge on any atom is -0.379 e. The quantitative estimate of drug-likeness (QED) is 0.732. The molecule has 1 amide bonds. The van der Waals surface area contributed by atoms with Crippen LogP contribution in [-0.2, 0) is 9.53 Å². The van der Waals surface area contributed by atoms with Crippen LogP contribution < -0.4 is 10.6 Å². The number of piperidine rings is 1. The number of hydrogen-bond acceptors (Lipinski definition) is 3. The molecule has 0 aromatic carbocycles. The van der Waals surface area contributed by atoms with Crippen LogP contribution in [0.3, 0.4) is 0 Å². The Morgan fingerprint density at radius 1 is 1.44 bits per heavy atom. The zero-order valence-electron chi connectivity index (χ0n) is 10.1. The third-order valence-electron chi connectivity index (χ3n) is 3.49. The molecule has 92 valence electrons. The van der Waals surface area contributed by atoms with E-state index in [0.717, 1.165) is 38.8 Å². The summed E-state index contributed by atoms with van der Waals surface area (Å²) < 4.78 is 5.44. The van der Waals surface area contributed by atoms with Gasteiger partial charge in [-0.1, -0.05) is 6.42 Å². The van der Waals surface area contributed by atoms with Crippen molar-refractivity contribution in [1.29, 1.82) is 0 Å².